The first-order valence-electron chi connectivity index (χ1n) is 8.30. The van der Waals surface area contributed by atoms with E-state index in [1.165, 1.54) is 5.56 Å². The van der Waals surface area contributed by atoms with E-state index in [0.717, 1.165) is 51.5 Å². The minimum absolute atomic E-state index is 0.251. The van der Waals surface area contributed by atoms with Gasteiger partial charge in [0.1, 0.15) is 0 Å². The molecule has 1 saturated carbocycles. The standard InChI is InChI=1S/C18H26N2O/c19-14-18(10-4-5-11-18)17(21)20-12-6-9-16(20)13-15-7-2-1-3-8-15/h1-3,7-8,16H,4-6,9-14,19H2. The first-order valence-corrected chi connectivity index (χ1v) is 8.30. The molecule has 0 bridgehead atoms. The molecular weight excluding hydrogens is 260 g/mol. The highest BCUT2D eigenvalue weighted by molar-refractivity contribution is 5.84. The van der Waals surface area contributed by atoms with Crippen LogP contribution in [-0.4, -0.2) is 29.9 Å². The van der Waals surface area contributed by atoms with Gasteiger partial charge in [0, 0.05) is 19.1 Å². The van der Waals surface area contributed by atoms with Crippen LogP contribution in [0.4, 0.5) is 0 Å². The molecule has 1 saturated heterocycles. The van der Waals surface area contributed by atoms with Crippen LogP contribution in [0.2, 0.25) is 0 Å². The Hall–Kier alpha value is -1.35. The molecule has 2 fully saturated rings. The molecule has 1 aromatic rings. The zero-order valence-electron chi connectivity index (χ0n) is 12.8. The number of carbonyl (C=O) groups excluding carboxylic acids is 1. The third-order valence-electron chi connectivity index (χ3n) is 5.36. The summed E-state index contributed by atoms with van der Waals surface area (Å²) >= 11 is 0. The van der Waals surface area contributed by atoms with Gasteiger partial charge in [-0.2, -0.15) is 0 Å². The topological polar surface area (TPSA) is 46.3 Å². The third-order valence-corrected chi connectivity index (χ3v) is 5.36. The van der Waals surface area contributed by atoms with Gasteiger partial charge in [0.2, 0.25) is 5.91 Å². The van der Waals surface area contributed by atoms with Crippen molar-refractivity contribution in [3.63, 3.8) is 0 Å². The Morgan fingerprint density at radius 1 is 1.19 bits per heavy atom. The van der Waals surface area contributed by atoms with Gasteiger partial charge in [-0.25, -0.2) is 0 Å². The number of rotatable bonds is 4. The molecule has 1 aromatic carbocycles. The Bertz CT molecular complexity index is 479. The molecule has 21 heavy (non-hydrogen) atoms. The van der Waals surface area contributed by atoms with Crippen molar-refractivity contribution in [3.8, 4) is 0 Å². The highest BCUT2D eigenvalue weighted by Gasteiger charge is 2.44. The molecule has 0 spiro atoms. The lowest BCUT2D eigenvalue weighted by molar-refractivity contribution is -0.142. The van der Waals surface area contributed by atoms with Gasteiger partial charge in [-0.05, 0) is 37.7 Å². The van der Waals surface area contributed by atoms with Gasteiger partial charge in [0.05, 0.1) is 5.41 Å². The Kier molecular flexibility index (Phi) is 4.29. The molecular formula is C18H26N2O. The predicted octanol–water partition coefficient (Wildman–Crippen LogP) is 2.74. The van der Waals surface area contributed by atoms with Crippen molar-refractivity contribution in [1.82, 2.24) is 4.90 Å². The summed E-state index contributed by atoms with van der Waals surface area (Å²) in [7, 11) is 0. The Morgan fingerprint density at radius 3 is 2.57 bits per heavy atom. The molecule has 0 radical (unpaired) electrons. The molecule has 1 atom stereocenters. The zero-order valence-corrected chi connectivity index (χ0v) is 12.8. The first-order chi connectivity index (χ1) is 10.2. The van der Waals surface area contributed by atoms with Gasteiger partial charge >= 0.3 is 0 Å². The van der Waals surface area contributed by atoms with Crippen LogP contribution in [0.5, 0.6) is 0 Å². The van der Waals surface area contributed by atoms with Crippen molar-refractivity contribution in [2.24, 2.45) is 11.1 Å². The summed E-state index contributed by atoms with van der Waals surface area (Å²) in [6.07, 6.45) is 7.51. The Balaban J connectivity index is 1.73. The average molecular weight is 286 g/mol. The molecule has 1 aliphatic carbocycles. The fraction of sp³-hybridized carbons (Fsp3) is 0.611. The minimum Gasteiger partial charge on any atom is -0.339 e. The number of benzene rings is 1. The lowest BCUT2D eigenvalue weighted by atomic mass is 9.84. The summed E-state index contributed by atoms with van der Waals surface area (Å²) in [6.45, 7) is 1.43. The van der Waals surface area contributed by atoms with E-state index in [1.807, 2.05) is 6.07 Å². The van der Waals surface area contributed by atoms with Crippen molar-refractivity contribution in [1.29, 1.82) is 0 Å². The highest BCUT2D eigenvalue weighted by Crippen LogP contribution is 2.40. The van der Waals surface area contributed by atoms with E-state index in [2.05, 4.69) is 29.2 Å². The SMILES string of the molecule is NCC1(C(=O)N2CCCC2Cc2ccccc2)CCCC1. The lowest BCUT2D eigenvalue weighted by Crippen LogP contribution is -2.49. The summed E-state index contributed by atoms with van der Waals surface area (Å²) in [5.41, 5.74) is 7.07. The second kappa shape index (κ2) is 6.18. The van der Waals surface area contributed by atoms with Crippen molar-refractivity contribution in [2.45, 2.75) is 51.0 Å². The third kappa shape index (κ3) is 2.84. The number of hydrogen-bond donors (Lipinski definition) is 1. The zero-order chi connectivity index (χ0) is 14.7. The minimum atomic E-state index is -0.251. The van der Waals surface area contributed by atoms with Gasteiger partial charge in [-0.15, -0.1) is 0 Å². The molecule has 3 heteroatoms. The van der Waals surface area contributed by atoms with Gasteiger partial charge in [-0.3, -0.25) is 4.79 Å². The number of likely N-dealkylation sites (tertiary alicyclic amines) is 1. The number of amides is 1. The van der Waals surface area contributed by atoms with E-state index < -0.39 is 0 Å². The molecule has 3 nitrogen and oxygen atoms in total. The molecule has 2 aliphatic rings. The van der Waals surface area contributed by atoms with Crippen LogP contribution in [0.25, 0.3) is 0 Å². The Labute approximate surface area is 127 Å². The van der Waals surface area contributed by atoms with Crippen LogP contribution in [0.1, 0.15) is 44.1 Å². The maximum absolute atomic E-state index is 13.0. The normalized spacial score (nSPS) is 24.4. The Morgan fingerprint density at radius 2 is 1.90 bits per heavy atom. The molecule has 1 unspecified atom stereocenters. The summed E-state index contributed by atoms with van der Waals surface area (Å²) in [5, 5.41) is 0. The van der Waals surface area contributed by atoms with Crippen molar-refractivity contribution in [3.05, 3.63) is 35.9 Å². The lowest BCUT2D eigenvalue weighted by Gasteiger charge is -2.34. The van der Waals surface area contributed by atoms with Crippen molar-refractivity contribution < 1.29 is 4.79 Å². The van der Waals surface area contributed by atoms with Gasteiger partial charge in [0.15, 0.2) is 0 Å². The maximum atomic E-state index is 13.0. The highest BCUT2D eigenvalue weighted by atomic mass is 16.2. The largest absolute Gasteiger partial charge is 0.339 e. The van der Waals surface area contributed by atoms with Crippen LogP contribution >= 0.6 is 0 Å². The van der Waals surface area contributed by atoms with E-state index in [0.29, 0.717) is 18.5 Å². The molecule has 1 amide bonds. The number of nitrogens with zero attached hydrogens (tertiary/aromatic N) is 1. The number of carbonyl (C=O) groups is 1. The first kappa shape index (κ1) is 14.6. The van der Waals surface area contributed by atoms with E-state index in [-0.39, 0.29) is 5.41 Å². The fourth-order valence-corrected chi connectivity index (χ4v) is 4.06. The average Bonchev–Trinajstić information content (AvgIpc) is 3.17. The van der Waals surface area contributed by atoms with Crippen LogP contribution in [0, 0.1) is 5.41 Å². The number of nitrogens with two attached hydrogens (primary N) is 1. The smallest absolute Gasteiger partial charge is 0.230 e. The predicted molar refractivity (Wildman–Crippen MR) is 84.8 cm³/mol. The van der Waals surface area contributed by atoms with Crippen LogP contribution in [0.15, 0.2) is 30.3 Å². The van der Waals surface area contributed by atoms with E-state index in [9.17, 15) is 4.79 Å². The van der Waals surface area contributed by atoms with Crippen molar-refractivity contribution in [2.75, 3.05) is 13.1 Å². The molecule has 3 rings (SSSR count). The molecule has 1 aliphatic heterocycles. The maximum Gasteiger partial charge on any atom is 0.230 e. The molecule has 2 N–H and O–H groups in total. The fourth-order valence-electron chi connectivity index (χ4n) is 4.06. The quantitative estimate of drug-likeness (QED) is 0.925. The van der Waals surface area contributed by atoms with Crippen LogP contribution in [0.3, 0.4) is 0 Å². The van der Waals surface area contributed by atoms with Gasteiger partial charge < -0.3 is 10.6 Å². The second-order valence-electron chi connectivity index (χ2n) is 6.68. The summed E-state index contributed by atoms with van der Waals surface area (Å²) in [5.74, 6) is 0.334. The molecule has 114 valence electrons. The molecule has 1 heterocycles. The van der Waals surface area contributed by atoms with E-state index >= 15 is 0 Å². The van der Waals surface area contributed by atoms with E-state index in [1.54, 1.807) is 0 Å². The summed E-state index contributed by atoms with van der Waals surface area (Å²) in [6, 6.07) is 10.9. The van der Waals surface area contributed by atoms with Gasteiger partial charge in [0.25, 0.3) is 0 Å². The van der Waals surface area contributed by atoms with Crippen LogP contribution < -0.4 is 5.73 Å². The van der Waals surface area contributed by atoms with Gasteiger partial charge in [-0.1, -0.05) is 43.2 Å². The summed E-state index contributed by atoms with van der Waals surface area (Å²) < 4.78 is 0. The summed E-state index contributed by atoms with van der Waals surface area (Å²) in [4.78, 5) is 15.2. The van der Waals surface area contributed by atoms with Crippen LogP contribution in [-0.2, 0) is 11.2 Å². The van der Waals surface area contributed by atoms with Crippen molar-refractivity contribution >= 4 is 5.91 Å². The van der Waals surface area contributed by atoms with E-state index in [4.69, 9.17) is 5.73 Å². The monoisotopic (exact) mass is 286 g/mol. The number of hydrogen-bond acceptors (Lipinski definition) is 2. The second-order valence-corrected chi connectivity index (χ2v) is 6.68. The molecule has 0 aromatic heterocycles.